The van der Waals surface area contributed by atoms with Crippen molar-refractivity contribution in [2.24, 2.45) is 5.10 Å². The maximum Gasteiger partial charge on any atom is 0.343 e. The Morgan fingerprint density at radius 3 is 2.48 bits per heavy atom. The third-order valence-electron chi connectivity index (χ3n) is 4.16. The molecule has 0 saturated carbocycles. The number of nitrogens with one attached hydrogen (secondary N) is 2. The summed E-state index contributed by atoms with van der Waals surface area (Å²) in [5, 5.41) is 6.73. The van der Waals surface area contributed by atoms with Gasteiger partial charge < -0.3 is 14.8 Å². The van der Waals surface area contributed by atoms with Crippen molar-refractivity contribution in [3.8, 4) is 11.5 Å². The second-order valence-corrected chi connectivity index (χ2v) is 7.82. The lowest BCUT2D eigenvalue weighted by atomic mass is 10.2. The number of rotatable bonds is 6. The maximum atomic E-state index is 12.4. The summed E-state index contributed by atoms with van der Waals surface area (Å²) in [7, 11) is 1.49. The highest BCUT2D eigenvalue weighted by atomic mass is 79.9. The Bertz CT molecular complexity index is 1210. The molecule has 0 spiro atoms. The van der Waals surface area contributed by atoms with Crippen LogP contribution < -0.4 is 20.2 Å². The van der Waals surface area contributed by atoms with Gasteiger partial charge in [0.05, 0.1) is 18.9 Å². The predicted octanol–water partition coefficient (Wildman–Crippen LogP) is 4.42. The molecule has 0 radical (unpaired) electrons. The van der Waals surface area contributed by atoms with Crippen LogP contribution in [0.25, 0.3) is 0 Å². The lowest BCUT2D eigenvalue weighted by Gasteiger charge is -2.08. The van der Waals surface area contributed by atoms with Gasteiger partial charge in [0.25, 0.3) is 0 Å². The van der Waals surface area contributed by atoms with E-state index in [0.29, 0.717) is 32.1 Å². The summed E-state index contributed by atoms with van der Waals surface area (Å²) in [5.41, 5.74) is 3.23. The van der Waals surface area contributed by atoms with Gasteiger partial charge in [-0.05, 0) is 54.6 Å². The number of nitrogens with zero attached hydrogens (tertiary/aromatic N) is 1. The standard InChI is InChI=1S/C23H17BrClN3O5/c1-32-19-4-2-3-18(12-19)27-21(29)22(30)28-26-13-15-11-16(24)7-10-20(15)33-23(31)14-5-8-17(25)9-6-14/h2-13H,1H3,(H,27,29)(H,28,30)/b26-13-. The Kier molecular flexibility index (Phi) is 8.17. The highest BCUT2D eigenvalue weighted by Gasteiger charge is 2.14. The maximum absolute atomic E-state index is 12.4. The Morgan fingerprint density at radius 2 is 1.76 bits per heavy atom. The number of halogens is 2. The molecule has 2 N–H and O–H groups in total. The van der Waals surface area contributed by atoms with Crippen molar-refractivity contribution in [2.75, 3.05) is 12.4 Å². The first-order valence-corrected chi connectivity index (χ1v) is 10.6. The van der Waals surface area contributed by atoms with Gasteiger partial charge >= 0.3 is 17.8 Å². The van der Waals surface area contributed by atoms with Crippen LogP contribution in [-0.4, -0.2) is 31.1 Å². The van der Waals surface area contributed by atoms with E-state index in [-0.39, 0.29) is 5.75 Å². The number of carbonyl (C=O) groups excluding carboxylic acids is 3. The zero-order chi connectivity index (χ0) is 23.8. The molecule has 0 atom stereocenters. The summed E-state index contributed by atoms with van der Waals surface area (Å²) >= 11 is 9.17. The average Bonchev–Trinajstić information content (AvgIpc) is 2.81. The fraction of sp³-hybridized carbons (Fsp3) is 0.0435. The van der Waals surface area contributed by atoms with E-state index < -0.39 is 17.8 Å². The van der Waals surface area contributed by atoms with Crippen LogP contribution in [0, 0.1) is 0 Å². The van der Waals surface area contributed by atoms with E-state index in [9.17, 15) is 14.4 Å². The zero-order valence-electron chi connectivity index (χ0n) is 17.2. The highest BCUT2D eigenvalue weighted by Crippen LogP contribution is 2.23. The summed E-state index contributed by atoms with van der Waals surface area (Å²) in [6, 6.07) is 17.7. The zero-order valence-corrected chi connectivity index (χ0v) is 19.5. The van der Waals surface area contributed by atoms with Crippen LogP contribution in [0.5, 0.6) is 11.5 Å². The van der Waals surface area contributed by atoms with Crippen LogP contribution in [0.1, 0.15) is 15.9 Å². The number of carbonyl (C=O) groups is 3. The molecule has 0 unspecified atom stereocenters. The Balaban J connectivity index is 1.65. The first-order valence-electron chi connectivity index (χ1n) is 9.41. The van der Waals surface area contributed by atoms with Crippen LogP contribution in [0.2, 0.25) is 5.02 Å². The summed E-state index contributed by atoms with van der Waals surface area (Å²) in [4.78, 5) is 36.5. The highest BCUT2D eigenvalue weighted by molar-refractivity contribution is 9.10. The molecule has 0 heterocycles. The van der Waals surface area contributed by atoms with Crippen LogP contribution >= 0.6 is 27.5 Å². The normalized spacial score (nSPS) is 10.5. The number of hydrogen-bond donors (Lipinski definition) is 2. The molecule has 0 aliphatic rings. The van der Waals surface area contributed by atoms with Crippen molar-refractivity contribution in [1.29, 1.82) is 0 Å². The summed E-state index contributed by atoms with van der Waals surface area (Å²) < 4.78 is 11.2. The third kappa shape index (κ3) is 6.90. The van der Waals surface area contributed by atoms with Crippen LogP contribution in [0.3, 0.4) is 0 Å². The molecule has 3 aromatic carbocycles. The largest absolute Gasteiger partial charge is 0.497 e. The quantitative estimate of drug-likeness (QED) is 0.161. The van der Waals surface area contributed by atoms with Crippen LogP contribution in [0.15, 0.2) is 76.3 Å². The molecule has 2 amide bonds. The summed E-state index contributed by atoms with van der Waals surface area (Å²) in [6.07, 6.45) is 1.26. The minimum atomic E-state index is -0.983. The fourth-order valence-corrected chi connectivity index (χ4v) is 3.06. The molecule has 168 valence electrons. The molecule has 0 aliphatic carbocycles. The van der Waals surface area contributed by atoms with E-state index in [0.717, 1.165) is 0 Å². The fourth-order valence-electron chi connectivity index (χ4n) is 2.56. The molecule has 0 fully saturated rings. The number of amides is 2. The lowest BCUT2D eigenvalue weighted by molar-refractivity contribution is -0.136. The van der Waals surface area contributed by atoms with E-state index in [1.807, 2.05) is 0 Å². The molecule has 8 nitrogen and oxygen atoms in total. The second-order valence-electron chi connectivity index (χ2n) is 6.46. The van der Waals surface area contributed by atoms with E-state index in [1.165, 1.54) is 13.3 Å². The molecule has 0 aromatic heterocycles. The van der Waals surface area contributed by atoms with Crippen LogP contribution in [-0.2, 0) is 9.59 Å². The van der Waals surface area contributed by atoms with Gasteiger partial charge in [-0.25, -0.2) is 10.2 Å². The first-order chi connectivity index (χ1) is 15.9. The number of ether oxygens (including phenoxy) is 2. The smallest absolute Gasteiger partial charge is 0.343 e. The molecule has 0 bridgehead atoms. The Morgan fingerprint density at radius 1 is 1.00 bits per heavy atom. The third-order valence-corrected chi connectivity index (χ3v) is 4.90. The lowest BCUT2D eigenvalue weighted by Crippen LogP contribution is -2.32. The van der Waals surface area contributed by atoms with Crippen molar-refractivity contribution in [3.63, 3.8) is 0 Å². The minimum absolute atomic E-state index is 0.206. The SMILES string of the molecule is COc1cccc(NC(=O)C(=O)N/N=C\c2cc(Br)ccc2OC(=O)c2ccc(Cl)cc2)c1. The van der Waals surface area contributed by atoms with E-state index >= 15 is 0 Å². The van der Waals surface area contributed by atoms with Crippen molar-refractivity contribution >= 4 is 57.2 Å². The number of esters is 1. The molecule has 3 rings (SSSR count). The van der Waals surface area contributed by atoms with Gasteiger partial charge in [-0.3, -0.25) is 9.59 Å². The number of benzene rings is 3. The molecule has 0 saturated heterocycles. The predicted molar refractivity (Wildman–Crippen MR) is 128 cm³/mol. The van der Waals surface area contributed by atoms with Gasteiger partial charge in [-0.15, -0.1) is 0 Å². The van der Waals surface area contributed by atoms with Gasteiger partial charge in [0, 0.05) is 26.8 Å². The number of hydrogen-bond acceptors (Lipinski definition) is 6. The Labute approximate surface area is 202 Å². The van der Waals surface area contributed by atoms with Gasteiger partial charge in [-0.1, -0.05) is 33.6 Å². The summed E-state index contributed by atoms with van der Waals surface area (Å²) in [5.74, 6) is -1.75. The molecular weight excluding hydrogens is 514 g/mol. The van der Waals surface area contributed by atoms with Crippen molar-refractivity contribution in [2.45, 2.75) is 0 Å². The Hall–Kier alpha value is -3.69. The van der Waals surface area contributed by atoms with Gasteiger partial charge in [-0.2, -0.15) is 5.10 Å². The molecule has 10 heteroatoms. The molecular formula is C23H17BrClN3O5. The van der Waals surface area contributed by atoms with Crippen molar-refractivity contribution in [1.82, 2.24) is 5.43 Å². The monoisotopic (exact) mass is 529 g/mol. The average molecular weight is 531 g/mol. The van der Waals surface area contributed by atoms with E-state index in [1.54, 1.807) is 66.7 Å². The molecule has 0 aliphatic heterocycles. The van der Waals surface area contributed by atoms with Crippen molar-refractivity contribution in [3.05, 3.63) is 87.4 Å². The first kappa shape index (κ1) is 24.0. The van der Waals surface area contributed by atoms with Crippen molar-refractivity contribution < 1.29 is 23.9 Å². The summed E-state index contributed by atoms with van der Waals surface area (Å²) in [6.45, 7) is 0. The minimum Gasteiger partial charge on any atom is -0.497 e. The van der Waals surface area contributed by atoms with Gasteiger partial charge in [0.1, 0.15) is 11.5 Å². The molecule has 3 aromatic rings. The number of anilines is 1. The molecule has 33 heavy (non-hydrogen) atoms. The topological polar surface area (TPSA) is 106 Å². The van der Waals surface area contributed by atoms with Gasteiger partial charge in [0.15, 0.2) is 0 Å². The number of hydrazone groups is 1. The number of methoxy groups -OCH3 is 1. The second kappa shape index (κ2) is 11.3. The van der Waals surface area contributed by atoms with Crippen LogP contribution in [0.4, 0.5) is 5.69 Å². The van der Waals surface area contributed by atoms with E-state index in [4.69, 9.17) is 21.1 Å². The van der Waals surface area contributed by atoms with E-state index in [2.05, 4.69) is 31.8 Å². The van der Waals surface area contributed by atoms with Gasteiger partial charge in [0.2, 0.25) is 0 Å².